The zero-order chi connectivity index (χ0) is 20.0. The van der Waals surface area contributed by atoms with Crippen molar-refractivity contribution in [1.29, 1.82) is 0 Å². The van der Waals surface area contributed by atoms with Crippen LogP contribution in [-0.4, -0.2) is 41.2 Å². The smallest absolute Gasteiger partial charge is 0.444 e. The van der Waals surface area contributed by atoms with Crippen molar-refractivity contribution in [2.24, 2.45) is 0 Å². The highest BCUT2D eigenvalue weighted by molar-refractivity contribution is 5.68. The number of aliphatic hydroxyl groups excluding tert-OH is 1. The van der Waals surface area contributed by atoms with Gasteiger partial charge in [0.25, 0.3) is 0 Å². The SMILES string of the molecule is CC(C)(C)OC(=O)N[C@H](CO)Cc1ccc(OC(=O)OC(C)(C)C)cc1. The van der Waals surface area contributed by atoms with Crippen molar-refractivity contribution >= 4 is 12.2 Å². The van der Waals surface area contributed by atoms with Gasteiger partial charge in [0.1, 0.15) is 17.0 Å². The first-order chi connectivity index (χ1) is 11.9. The molecule has 0 aliphatic rings. The van der Waals surface area contributed by atoms with Crippen molar-refractivity contribution in [3.05, 3.63) is 29.8 Å². The van der Waals surface area contributed by atoms with Crippen LogP contribution in [0, 0.1) is 0 Å². The lowest BCUT2D eigenvalue weighted by molar-refractivity contribution is 0.0205. The molecule has 7 heteroatoms. The summed E-state index contributed by atoms with van der Waals surface area (Å²) < 4.78 is 15.4. The predicted molar refractivity (Wildman–Crippen MR) is 97.3 cm³/mol. The molecule has 146 valence electrons. The summed E-state index contributed by atoms with van der Waals surface area (Å²) in [6, 6.07) is 6.27. The van der Waals surface area contributed by atoms with Gasteiger partial charge in [-0.1, -0.05) is 12.1 Å². The highest BCUT2D eigenvalue weighted by Crippen LogP contribution is 2.16. The van der Waals surface area contributed by atoms with Gasteiger partial charge in [-0.2, -0.15) is 0 Å². The van der Waals surface area contributed by atoms with Gasteiger partial charge in [-0.05, 0) is 65.7 Å². The van der Waals surface area contributed by atoms with Gasteiger partial charge in [-0.25, -0.2) is 9.59 Å². The Labute approximate surface area is 154 Å². The highest BCUT2D eigenvalue weighted by Gasteiger charge is 2.20. The Balaban J connectivity index is 2.59. The van der Waals surface area contributed by atoms with Crippen LogP contribution in [0.1, 0.15) is 47.1 Å². The Kier molecular flexibility index (Phi) is 7.44. The second kappa shape index (κ2) is 8.89. The van der Waals surface area contributed by atoms with E-state index >= 15 is 0 Å². The van der Waals surface area contributed by atoms with Crippen molar-refractivity contribution in [3.63, 3.8) is 0 Å². The summed E-state index contributed by atoms with van der Waals surface area (Å²) in [5, 5.41) is 12.1. The monoisotopic (exact) mass is 367 g/mol. The van der Waals surface area contributed by atoms with E-state index in [0.717, 1.165) is 5.56 Å². The van der Waals surface area contributed by atoms with Gasteiger partial charge in [-0.3, -0.25) is 0 Å². The average Bonchev–Trinajstić information content (AvgIpc) is 2.44. The van der Waals surface area contributed by atoms with Crippen LogP contribution >= 0.6 is 0 Å². The van der Waals surface area contributed by atoms with Crippen LogP contribution in [0.15, 0.2) is 24.3 Å². The quantitative estimate of drug-likeness (QED) is 0.612. The van der Waals surface area contributed by atoms with Crippen LogP contribution in [0.4, 0.5) is 9.59 Å². The zero-order valence-corrected chi connectivity index (χ0v) is 16.3. The molecule has 2 N–H and O–H groups in total. The first-order valence-corrected chi connectivity index (χ1v) is 8.48. The molecule has 1 rings (SSSR count). The van der Waals surface area contributed by atoms with Gasteiger partial charge in [0.2, 0.25) is 0 Å². The number of hydrogen-bond donors (Lipinski definition) is 2. The molecule has 1 amide bonds. The molecule has 0 bridgehead atoms. The summed E-state index contributed by atoms with van der Waals surface area (Å²) in [6.07, 6.45) is -0.950. The molecular weight excluding hydrogens is 338 g/mol. The fraction of sp³-hybridized carbons (Fsp3) is 0.579. The topological polar surface area (TPSA) is 94.1 Å². The molecule has 0 heterocycles. The van der Waals surface area contributed by atoms with Gasteiger partial charge in [-0.15, -0.1) is 0 Å². The lowest BCUT2D eigenvalue weighted by Gasteiger charge is -2.23. The van der Waals surface area contributed by atoms with E-state index in [2.05, 4.69) is 5.32 Å². The first kappa shape index (κ1) is 21.8. The maximum Gasteiger partial charge on any atom is 0.514 e. The third-order valence-corrected chi connectivity index (χ3v) is 2.94. The minimum atomic E-state index is -0.773. The van der Waals surface area contributed by atoms with E-state index < -0.39 is 29.5 Å². The van der Waals surface area contributed by atoms with Crippen LogP contribution in [-0.2, 0) is 15.9 Å². The molecule has 0 aliphatic heterocycles. The van der Waals surface area contributed by atoms with Crippen LogP contribution in [0.25, 0.3) is 0 Å². The van der Waals surface area contributed by atoms with E-state index in [1.165, 1.54) is 0 Å². The maximum absolute atomic E-state index is 11.8. The molecule has 0 aliphatic carbocycles. The predicted octanol–water partition coefficient (Wildman–Crippen LogP) is 3.43. The highest BCUT2D eigenvalue weighted by atomic mass is 16.7. The van der Waals surface area contributed by atoms with Crippen molar-refractivity contribution < 1.29 is 28.9 Å². The Morgan fingerprint density at radius 2 is 1.54 bits per heavy atom. The van der Waals surface area contributed by atoms with Gasteiger partial charge in [0.15, 0.2) is 0 Å². The third-order valence-electron chi connectivity index (χ3n) is 2.94. The molecule has 26 heavy (non-hydrogen) atoms. The normalized spacial score (nSPS) is 12.9. The summed E-state index contributed by atoms with van der Waals surface area (Å²) in [7, 11) is 0. The second-order valence-corrected chi connectivity index (χ2v) is 7.94. The summed E-state index contributed by atoms with van der Waals surface area (Å²) in [5.74, 6) is 0.351. The van der Waals surface area contributed by atoms with Gasteiger partial charge in [0, 0.05) is 0 Å². The molecule has 7 nitrogen and oxygen atoms in total. The molecule has 0 spiro atoms. The molecule has 0 aromatic heterocycles. The number of aliphatic hydroxyl groups is 1. The molecule has 1 atom stereocenters. The summed E-state index contributed by atoms with van der Waals surface area (Å²) in [5.41, 5.74) is -0.375. The number of carbonyl (C=O) groups is 2. The van der Waals surface area contributed by atoms with Gasteiger partial charge in [0.05, 0.1) is 12.6 Å². The Hall–Kier alpha value is -2.28. The summed E-state index contributed by atoms with van der Waals surface area (Å²) in [4.78, 5) is 23.4. The Bertz CT molecular complexity index is 598. The molecular formula is C19H29NO6. The van der Waals surface area contributed by atoms with E-state index in [1.54, 1.807) is 65.8 Å². The van der Waals surface area contributed by atoms with Crippen molar-refractivity contribution in [2.45, 2.75) is 65.2 Å². The van der Waals surface area contributed by atoms with E-state index in [4.69, 9.17) is 14.2 Å². The minimum Gasteiger partial charge on any atom is -0.444 e. The minimum absolute atomic E-state index is 0.227. The zero-order valence-electron chi connectivity index (χ0n) is 16.3. The summed E-state index contributed by atoms with van der Waals surface area (Å²) >= 11 is 0. The molecule has 1 aromatic carbocycles. The van der Waals surface area contributed by atoms with Gasteiger partial charge < -0.3 is 24.6 Å². The Morgan fingerprint density at radius 1 is 1.00 bits per heavy atom. The number of amides is 1. The maximum atomic E-state index is 11.8. The number of alkyl carbamates (subject to hydrolysis) is 1. The van der Waals surface area contributed by atoms with Crippen LogP contribution in [0.3, 0.4) is 0 Å². The summed E-state index contributed by atoms with van der Waals surface area (Å²) in [6.45, 7) is 10.3. The molecule has 0 saturated heterocycles. The van der Waals surface area contributed by atoms with Gasteiger partial charge >= 0.3 is 12.2 Å². The van der Waals surface area contributed by atoms with E-state index in [-0.39, 0.29) is 6.61 Å². The number of benzene rings is 1. The van der Waals surface area contributed by atoms with Crippen molar-refractivity contribution in [2.75, 3.05) is 6.61 Å². The van der Waals surface area contributed by atoms with Crippen molar-refractivity contribution in [1.82, 2.24) is 5.32 Å². The van der Waals surface area contributed by atoms with E-state index in [0.29, 0.717) is 12.2 Å². The van der Waals surface area contributed by atoms with Crippen LogP contribution in [0.2, 0.25) is 0 Å². The fourth-order valence-corrected chi connectivity index (χ4v) is 1.98. The van der Waals surface area contributed by atoms with Crippen LogP contribution in [0.5, 0.6) is 5.75 Å². The van der Waals surface area contributed by atoms with Crippen molar-refractivity contribution in [3.8, 4) is 5.75 Å². The van der Waals surface area contributed by atoms with E-state index in [1.807, 2.05) is 0 Å². The molecule has 0 fully saturated rings. The first-order valence-electron chi connectivity index (χ1n) is 8.48. The number of carbonyl (C=O) groups excluding carboxylic acids is 2. The number of nitrogens with one attached hydrogen (secondary N) is 1. The molecule has 0 unspecified atom stereocenters. The lowest BCUT2D eigenvalue weighted by atomic mass is 10.1. The second-order valence-electron chi connectivity index (χ2n) is 7.94. The number of rotatable bonds is 5. The fourth-order valence-electron chi connectivity index (χ4n) is 1.98. The lowest BCUT2D eigenvalue weighted by Crippen LogP contribution is -2.42. The number of hydrogen-bond acceptors (Lipinski definition) is 6. The standard InChI is InChI=1S/C19H29NO6/c1-18(2,3)25-16(22)20-14(12-21)11-13-7-9-15(10-8-13)24-17(23)26-19(4,5)6/h7-10,14,21H,11-12H2,1-6H3,(H,20,22)/t14-/m0/s1. The molecule has 0 radical (unpaired) electrons. The largest absolute Gasteiger partial charge is 0.514 e. The third kappa shape index (κ3) is 9.27. The van der Waals surface area contributed by atoms with E-state index in [9.17, 15) is 14.7 Å². The molecule has 0 saturated carbocycles. The Morgan fingerprint density at radius 3 is 2.00 bits per heavy atom. The van der Waals surface area contributed by atoms with Crippen LogP contribution < -0.4 is 10.1 Å². The number of ether oxygens (including phenoxy) is 3. The average molecular weight is 367 g/mol. The molecule has 1 aromatic rings.